The molecule has 0 aromatic heterocycles. The molecule has 0 aliphatic heterocycles. The van der Waals surface area contributed by atoms with E-state index >= 15 is 0 Å². The van der Waals surface area contributed by atoms with Crippen LogP contribution in [0.25, 0.3) is 0 Å². The number of fused-ring (bicyclic) bond motifs is 1. The van der Waals surface area contributed by atoms with Crippen molar-refractivity contribution < 1.29 is 13.6 Å². The number of carbonyl (C=O) groups excluding carboxylic acids is 1. The normalized spacial score (nSPS) is 23.5. The second kappa shape index (κ2) is 13.2. The molecule has 0 aromatic carbocycles. The standard InChI is InChI=1S/C20H37O3Si2.3C4H9.Sn/c1-19(2,3)24(7,8)22-17-12-14-11-15(21)13-16(14)18(17)23-25(9,10)20(4,5)6;3*1-3-4-2;/h14,17-18H,11-12H2,1-10H3;3*1,3-4H2,2H3;/t14-,17+,18+;;;;/m0..../s1. The number of rotatable bonds is 14. The molecule has 38 heavy (non-hydrogen) atoms. The van der Waals surface area contributed by atoms with Gasteiger partial charge in [-0.25, -0.2) is 0 Å². The van der Waals surface area contributed by atoms with E-state index in [0.717, 1.165) is 12.8 Å². The van der Waals surface area contributed by atoms with E-state index in [9.17, 15) is 4.79 Å². The van der Waals surface area contributed by atoms with Gasteiger partial charge < -0.3 is 0 Å². The SMILES string of the molecule is CCC[CH2][Sn]([CH2]CCC)([CH2]CCC)[C]1=C2[C@@H](CC1=O)C[C@@H](O[Si](C)(C)C(C)(C)C)[C@@H]2O[Si](C)(C)C(C)(C)C. The molecule has 0 spiro atoms. The number of carbonyl (C=O) groups is 1. The maximum atomic E-state index is 14.1. The van der Waals surface area contributed by atoms with Gasteiger partial charge >= 0.3 is 245 Å². The summed E-state index contributed by atoms with van der Waals surface area (Å²) in [5.41, 5.74) is 1.47. The van der Waals surface area contributed by atoms with Crippen molar-refractivity contribution in [2.45, 2.75) is 175 Å². The molecule has 1 fully saturated rings. The van der Waals surface area contributed by atoms with Gasteiger partial charge in [-0.15, -0.1) is 0 Å². The molecule has 2 aliphatic carbocycles. The summed E-state index contributed by atoms with van der Waals surface area (Å²) in [6, 6.07) is 0. The molecule has 0 radical (unpaired) electrons. The third kappa shape index (κ3) is 7.69. The van der Waals surface area contributed by atoms with Crippen molar-refractivity contribution in [1.29, 1.82) is 0 Å². The van der Waals surface area contributed by atoms with E-state index in [1.54, 1.807) is 0 Å². The number of Topliss-reactive ketones (excluding diaryl/α,β-unsaturated/α-hetero) is 1. The van der Waals surface area contributed by atoms with Crippen LogP contribution in [0.1, 0.15) is 114 Å². The van der Waals surface area contributed by atoms with Crippen LogP contribution in [0.3, 0.4) is 0 Å². The van der Waals surface area contributed by atoms with E-state index in [2.05, 4.69) is 88.5 Å². The van der Waals surface area contributed by atoms with Gasteiger partial charge in [0.15, 0.2) is 0 Å². The van der Waals surface area contributed by atoms with Crippen molar-refractivity contribution in [3.05, 3.63) is 9.16 Å². The van der Waals surface area contributed by atoms with Crippen molar-refractivity contribution in [3.8, 4) is 0 Å². The van der Waals surface area contributed by atoms with Crippen molar-refractivity contribution in [1.82, 2.24) is 0 Å². The quantitative estimate of drug-likeness (QED) is 0.173. The molecular formula is C32H64O3Si2Sn. The summed E-state index contributed by atoms with van der Waals surface area (Å²) in [6.07, 6.45) is 9.35. The van der Waals surface area contributed by atoms with E-state index in [4.69, 9.17) is 8.85 Å². The van der Waals surface area contributed by atoms with Crippen molar-refractivity contribution in [3.63, 3.8) is 0 Å². The second-order valence-electron chi connectivity index (χ2n) is 15.7. The van der Waals surface area contributed by atoms with Gasteiger partial charge in [-0.05, 0) is 0 Å². The first kappa shape index (κ1) is 34.8. The fourth-order valence-electron chi connectivity index (χ4n) is 6.19. The van der Waals surface area contributed by atoms with E-state index in [1.165, 1.54) is 61.0 Å². The second-order valence-corrected chi connectivity index (χ2v) is 38.2. The van der Waals surface area contributed by atoms with Crippen LogP contribution in [-0.2, 0) is 13.6 Å². The molecule has 0 N–H and O–H groups in total. The zero-order valence-corrected chi connectivity index (χ0v) is 32.6. The zero-order valence-electron chi connectivity index (χ0n) is 27.7. The van der Waals surface area contributed by atoms with Gasteiger partial charge in [0.25, 0.3) is 0 Å². The van der Waals surface area contributed by atoms with Gasteiger partial charge in [0.1, 0.15) is 0 Å². The molecule has 0 saturated heterocycles. The first-order valence-corrected chi connectivity index (χ1v) is 29.3. The molecular weight excluding hydrogens is 607 g/mol. The molecule has 0 aromatic rings. The summed E-state index contributed by atoms with van der Waals surface area (Å²) >= 11 is -2.94. The molecule has 3 atom stereocenters. The molecule has 3 nitrogen and oxygen atoms in total. The van der Waals surface area contributed by atoms with Crippen LogP contribution in [0.2, 0.25) is 49.6 Å². The van der Waals surface area contributed by atoms with E-state index in [-0.39, 0.29) is 22.3 Å². The molecule has 6 heteroatoms. The van der Waals surface area contributed by atoms with E-state index in [1.807, 2.05) is 0 Å². The first-order chi connectivity index (χ1) is 17.4. The molecule has 0 heterocycles. The van der Waals surface area contributed by atoms with Gasteiger partial charge in [0.05, 0.1) is 0 Å². The van der Waals surface area contributed by atoms with Crippen LogP contribution in [0.4, 0.5) is 0 Å². The number of ketones is 1. The fraction of sp³-hybridized carbons (Fsp3) is 0.906. The molecule has 0 bridgehead atoms. The van der Waals surface area contributed by atoms with Gasteiger partial charge in [0.2, 0.25) is 0 Å². The Morgan fingerprint density at radius 1 is 0.763 bits per heavy atom. The monoisotopic (exact) mass is 672 g/mol. The summed E-state index contributed by atoms with van der Waals surface area (Å²) < 4.78 is 20.1. The van der Waals surface area contributed by atoms with Gasteiger partial charge in [0, 0.05) is 0 Å². The fourth-order valence-corrected chi connectivity index (χ4v) is 26.6. The summed E-state index contributed by atoms with van der Waals surface area (Å²) in [5, 5.41) is 0.286. The van der Waals surface area contributed by atoms with Crippen LogP contribution in [0, 0.1) is 5.92 Å². The Balaban J connectivity index is 2.74. The predicted octanol–water partition coefficient (Wildman–Crippen LogP) is 10.4. The van der Waals surface area contributed by atoms with Crippen LogP contribution >= 0.6 is 0 Å². The predicted molar refractivity (Wildman–Crippen MR) is 174 cm³/mol. The zero-order chi connectivity index (χ0) is 29.2. The summed E-state index contributed by atoms with van der Waals surface area (Å²) in [6.45, 7) is 30.6. The number of hydrogen-bond donors (Lipinski definition) is 0. The van der Waals surface area contributed by atoms with E-state index < -0.39 is 35.0 Å². The Morgan fingerprint density at radius 2 is 1.18 bits per heavy atom. The summed E-state index contributed by atoms with van der Waals surface area (Å²) in [4.78, 5) is 14.1. The number of hydrogen-bond acceptors (Lipinski definition) is 3. The van der Waals surface area contributed by atoms with Crippen molar-refractivity contribution in [2.75, 3.05) is 0 Å². The Labute approximate surface area is 243 Å². The van der Waals surface area contributed by atoms with E-state index in [0.29, 0.717) is 11.7 Å². The Hall–Kier alpha value is 0.562. The summed E-state index contributed by atoms with van der Waals surface area (Å²) in [7, 11) is -4.05. The number of unbranched alkanes of at least 4 members (excludes halogenated alkanes) is 3. The molecule has 2 aliphatic rings. The molecule has 1 saturated carbocycles. The third-order valence-corrected chi connectivity index (χ3v) is 35.5. The minimum atomic E-state index is -2.94. The topological polar surface area (TPSA) is 35.5 Å². The van der Waals surface area contributed by atoms with Crippen LogP contribution < -0.4 is 0 Å². The molecule has 222 valence electrons. The summed E-state index contributed by atoms with van der Waals surface area (Å²) in [5.74, 6) is 0.877. The van der Waals surface area contributed by atoms with Crippen molar-refractivity contribution >= 4 is 40.8 Å². The van der Waals surface area contributed by atoms with Gasteiger partial charge in [-0.2, -0.15) is 0 Å². The molecule has 0 amide bonds. The Morgan fingerprint density at radius 3 is 1.58 bits per heavy atom. The minimum absolute atomic E-state index is 0.0163. The average Bonchev–Trinajstić information content (AvgIpc) is 3.26. The van der Waals surface area contributed by atoms with Gasteiger partial charge in [-0.3, -0.25) is 0 Å². The first-order valence-electron chi connectivity index (χ1n) is 16.0. The number of allylic oxidation sites excluding steroid dienone is 1. The molecule has 0 unspecified atom stereocenters. The average molecular weight is 672 g/mol. The van der Waals surface area contributed by atoms with Crippen LogP contribution in [0.15, 0.2) is 9.16 Å². The Bertz CT molecular complexity index is 813. The van der Waals surface area contributed by atoms with Gasteiger partial charge in [-0.1, -0.05) is 0 Å². The third-order valence-electron chi connectivity index (χ3n) is 10.6. The Kier molecular flexibility index (Phi) is 12.1. The van der Waals surface area contributed by atoms with Crippen molar-refractivity contribution in [2.24, 2.45) is 5.92 Å². The molecule has 2 rings (SSSR count). The van der Waals surface area contributed by atoms with Crippen LogP contribution in [-0.4, -0.2) is 53.0 Å². The van der Waals surface area contributed by atoms with Crippen LogP contribution in [0.5, 0.6) is 0 Å². The maximum absolute atomic E-state index is 14.1.